The number of hydrogen-bond acceptors (Lipinski definition) is 6. The minimum absolute atomic E-state index is 0.0957. The van der Waals surface area contributed by atoms with Gasteiger partial charge in [0.1, 0.15) is 23.1 Å². The van der Waals surface area contributed by atoms with Crippen LogP contribution >= 0.6 is 0 Å². The highest BCUT2D eigenvalue weighted by Gasteiger charge is 2.31. The number of nitrogens with one attached hydrogen (secondary N) is 1. The lowest BCUT2D eigenvalue weighted by molar-refractivity contribution is -0.307. The number of phenolic OH excluding ortho intramolecular Hbond substituents is 1. The van der Waals surface area contributed by atoms with E-state index in [2.05, 4.69) is 5.32 Å². The Kier molecular flexibility index (Phi) is 9.95. The van der Waals surface area contributed by atoms with Gasteiger partial charge in [-0.25, -0.2) is 8.78 Å². The number of carbonyl (C=O) groups excluding carboxylic acids is 2. The lowest BCUT2D eigenvalue weighted by Gasteiger charge is -2.20. The zero-order valence-electron chi connectivity index (χ0n) is 23.8. The number of phenols is 1. The Morgan fingerprint density at radius 2 is 1.42 bits per heavy atom. The molecule has 1 heterocycles. The Hall–Kier alpha value is -4.54. The summed E-state index contributed by atoms with van der Waals surface area (Å²) in [6.45, 7) is 3.73. The summed E-state index contributed by atoms with van der Waals surface area (Å²) in [5.41, 5.74) is 3.06. The van der Waals surface area contributed by atoms with Gasteiger partial charge in [-0.3, -0.25) is 4.79 Å². The predicted octanol–water partition coefficient (Wildman–Crippen LogP) is 4.82. The summed E-state index contributed by atoms with van der Waals surface area (Å²) in [6, 6.07) is 17.2. The second-order valence-corrected chi connectivity index (χ2v) is 10.7. The lowest BCUT2D eigenvalue weighted by atomic mass is 9.92. The molecule has 4 aromatic rings. The Morgan fingerprint density at radius 1 is 0.860 bits per heavy atom. The zero-order chi connectivity index (χ0) is 31.3. The highest BCUT2D eigenvalue weighted by molar-refractivity contribution is 6.11. The van der Waals surface area contributed by atoms with Gasteiger partial charge in [-0.15, -0.1) is 0 Å². The predicted molar refractivity (Wildman–Crippen MR) is 156 cm³/mol. The second-order valence-electron chi connectivity index (χ2n) is 10.7. The van der Waals surface area contributed by atoms with Gasteiger partial charge in [0.05, 0.1) is 17.9 Å². The Bertz CT molecular complexity index is 1580. The second kappa shape index (κ2) is 13.6. The standard InChI is InChI=1S/C33H34F2N2O6/c1-19(2)37-27(16-15-24(38)17-25(39)18-29(41)42)30(20-7-11-22(34)12-8-20)31(21-9-13-23(35)14-10-21)32(37)33(43)36-26-5-3-4-6-28(26)40/h3-14,19,24-25,38-40H,15-18H2,1-2H3,(H,36,43)(H,41,42)/p-1/t24-,25-/m1/s1. The van der Waals surface area contributed by atoms with Crippen LogP contribution in [0.1, 0.15) is 55.3 Å². The summed E-state index contributed by atoms with van der Waals surface area (Å²) in [5, 5.41) is 44.7. The number of hydrogen-bond donors (Lipinski definition) is 4. The van der Waals surface area contributed by atoms with Crippen LogP contribution in [0.3, 0.4) is 0 Å². The molecule has 4 N–H and O–H groups in total. The fourth-order valence-corrected chi connectivity index (χ4v) is 5.27. The molecule has 0 radical (unpaired) electrons. The molecule has 0 aliphatic rings. The molecule has 0 saturated carbocycles. The van der Waals surface area contributed by atoms with Crippen LogP contribution in [0.25, 0.3) is 22.3 Å². The molecule has 43 heavy (non-hydrogen) atoms. The fourth-order valence-electron chi connectivity index (χ4n) is 5.27. The van der Waals surface area contributed by atoms with E-state index in [1.807, 2.05) is 13.8 Å². The van der Waals surface area contributed by atoms with Crippen molar-refractivity contribution in [3.8, 4) is 28.0 Å². The monoisotopic (exact) mass is 591 g/mol. The van der Waals surface area contributed by atoms with Gasteiger partial charge < -0.3 is 35.1 Å². The molecule has 0 unspecified atom stereocenters. The number of carboxylic acids is 1. The minimum Gasteiger partial charge on any atom is -0.550 e. The van der Waals surface area contributed by atoms with Crippen molar-refractivity contribution in [1.29, 1.82) is 0 Å². The molecule has 0 spiro atoms. The number of aliphatic hydroxyl groups is 2. The molecule has 0 bridgehead atoms. The number of carboxylic acid groups (broad SMARTS) is 1. The van der Waals surface area contributed by atoms with Crippen molar-refractivity contribution in [1.82, 2.24) is 4.57 Å². The number of aromatic hydroxyl groups is 1. The van der Waals surface area contributed by atoms with Gasteiger partial charge in [-0.05, 0) is 80.6 Å². The third-order valence-corrected chi connectivity index (χ3v) is 7.12. The number of rotatable bonds is 12. The number of anilines is 1. The van der Waals surface area contributed by atoms with Crippen LogP contribution in [0, 0.1) is 11.6 Å². The smallest absolute Gasteiger partial charge is 0.273 e. The third kappa shape index (κ3) is 7.46. The molecule has 4 rings (SSSR count). The van der Waals surface area contributed by atoms with Crippen LogP contribution in [-0.4, -0.2) is 44.0 Å². The summed E-state index contributed by atoms with van der Waals surface area (Å²) in [4.78, 5) is 24.9. The van der Waals surface area contributed by atoms with Crippen molar-refractivity contribution >= 4 is 17.6 Å². The first-order valence-electron chi connectivity index (χ1n) is 13.9. The Labute approximate surface area is 247 Å². The number of aromatic nitrogens is 1. The third-order valence-electron chi connectivity index (χ3n) is 7.12. The molecule has 0 aliphatic carbocycles. The van der Waals surface area contributed by atoms with Gasteiger partial charge in [0.25, 0.3) is 5.91 Å². The van der Waals surface area contributed by atoms with Crippen LogP contribution in [0.15, 0.2) is 72.8 Å². The summed E-state index contributed by atoms with van der Waals surface area (Å²) in [7, 11) is 0. The van der Waals surface area contributed by atoms with E-state index >= 15 is 0 Å². The maximum absolute atomic E-state index is 14.1. The Morgan fingerprint density at radius 3 is 1.95 bits per heavy atom. The van der Waals surface area contributed by atoms with E-state index in [0.717, 1.165) is 0 Å². The first kappa shape index (κ1) is 31.4. The summed E-state index contributed by atoms with van der Waals surface area (Å²) in [5.74, 6) is -3.08. The normalized spacial score (nSPS) is 12.7. The first-order valence-corrected chi connectivity index (χ1v) is 13.9. The van der Waals surface area contributed by atoms with Crippen molar-refractivity contribution in [3.63, 3.8) is 0 Å². The van der Waals surface area contributed by atoms with Crippen molar-refractivity contribution in [3.05, 3.63) is 95.8 Å². The van der Waals surface area contributed by atoms with Gasteiger partial charge in [-0.2, -0.15) is 0 Å². The number of benzene rings is 3. The molecule has 0 saturated heterocycles. The van der Waals surface area contributed by atoms with E-state index in [9.17, 15) is 38.8 Å². The van der Waals surface area contributed by atoms with Crippen LogP contribution in [0.5, 0.6) is 5.75 Å². The minimum atomic E-state index is -1.43. The molecule has 1 aromatic heterocycles. The maximum atomic E-state index is 14.1. The quantitative estimate of drug-likeness (QED) is 0.175. The van der Waals surface area contributed by atoms with E-state index in [0.29, 0.717) is 27.9 Å². The average molecular weight is 592 g/mol. The number of para-hydroxylation sites is 2. The molecule has 226 valence electrons. The first-order chi connectivity index (χ1) is 20.5. The molecule has 2 atom stereocenters. The van der Waals surface area contributed by atoms with Crippen LogP contribution in [0.2, 0.25) is 0 Å². The number of aliphatic hydroxyl groups excluding tert-OH is 2. The fraction of sp³-hybridized carbons (Fsp3) is 0.273. The molecular weight excluding hydrogens is 558 g/mol. The van der Waals surface area contributed by atoms with Gasteiger partial charge in [0.15, 0.2) is 0 Å². The van der Waals surface area contributed by atoms with Crippen molar-refractivity contribution in [2.24, 2.45) is 0 Å². The molecule has 0 aliphatic heterocycles. The lowest BCUT2D eigenvalue weighted by Crippen LogP contribution is -2.29. The number of amides is 1. The molecule has 0 fully saturated rings. The highest BCUT2D eigenvalue weighted by atomic mass is 19.1. The molecule has 1 amide bonds. The van der Waals surface area contributed by atoms with Gasteiger partial charge in [0, 0.05) is 35.3 Å². The molecule has 3 aromatic carbocycles. The Balaban J connectivity index is 1.93. The summed E-state index contributed by atoms with van der Waals surface area (Å²) >= 11 is 0. The highest BCUT2D eigenvalue weighted by Crippen LogP contribution is 2.43. The van der Waals surface area contributed by atoms with Crippen LogP contribution in [-0.2, 0) is 11.2 Å². The van der Waals surface area contributed by atoms with Crippen LogP contribution in [0.4, 0.5) is 14.5 Å². The topological polar surface area (TPSA) is 135 Å². The average Bonchev–Trinajstić information content (AvgIpc) is 3.29. The maximum Gasteiger partial charge on any atom is 0.273 e. The summed E-state index contributed by atoms with van der Waals surface area (Å²) < 4.78 is 29.8. The van der Waals surface area contributed by atoms with Crippen molar-refractivity contribution < 1.29 is 38.8 Å². The van der Waals surface area contributed by atoms with E-state index in [1.54, 1.807) is 34.9 Å². The number of halogens is 2. The molecular formula is C33H33F2N2O6-. The largest absolute Gasteiger partial charge is 0.550 e. The van der Waals surface area contributed by atoms with Crippen LogP contribution < -0.4 is 10.4 Å². The SMILES string of the molecule is CC(C)n1c(CC[C@@H](O)C[C@@H](O)CC(=O)[O-])c(-c2ccc(F)cc2)c(-c2ccc(F)cc2)c1C(=O)Nc1ccccc1O. The van der Waals surface area contributed by atoms with Gasteiger partial charge >= 0.3 is 0 Å². The number of carbonyl (C=O) groups is 2. The van der Waals surface area contributed by atoms with Crippen molar-refractivity contribution in [2.75, 3.05) is 5.32 Å². The van der Waals surface area contributed by atoms with Gasteiger partial charge in [-0.1, -0.05) is 36.4 Å². The molecule has 10 heteroatoms. The van der Waals surface area contributed by atoms with Gasteiger partial charge in [0.2, 0.25) is 0 Å². The summed E-state index contributed by atoms with van der Waals surface area (Å²) in [6.07, 6.45) is -2.93. The number of nitrogens with zero attached hydrogens (tertiary/aromatic N) is 1. The van der Waals surface area contributed by atoms with Crippen molar-refractivity contribution in [2.45, 2.75) is 57.8 Å². The zero-order valence-corrected chi connectivity index (χ0v) is 23.8. The molecule has 8 nitrogen and oxygen atoms in total. The van der Waals surface area contributed by atoms with E-state index < -0.39 is 42.1 Å². The van der Waals surface area contributed by atoms with E-state index in [1.165, 1.54) is 42.5 Å². The van der Waals surface area contributed by atoms with E-state index in [-0.39, 0.29) is 42.4 Å². The number of aliphatic carboxylic acids is 1. The van der Waals surface area contributed by atoms with E-state index in [4.69, 9.17) is 0 Å².